The Labute approximate surface area is 116 Å². The van der Waals surface area contributed by atoms with Gasteiger partial charge in [-0.15, -0.1) is 0 Å². The number of Topliss-reactive ketones (excluding diaryl/α,β-unsaturated/α-hetero) is 1. The zero-order valence-electron chi connectivity index (χ0n) is 12.3. The van der Waals surface area contributed by atoms with Crippen molar-refractivity contribution < 1.29 is 4.79 Å². The standard InChI is InChI=1S/C16H24N2O/c1-11-5-4-6-12(7-11)18-14-8-16(2,3)9-15(19)13(14)10-17/h11-12,18H,4-9H2,1-3H3. The lowest BCUT2D eigenvalue weighted by molar-refractivity contribution is -0.117. The molecule has 0 aromatic carbocycles. The SMILES string of the molecule is CC1CCCC(NC2=C(C#N)C(=O)CC(C)(C)C2)C1. The number of ketones is 1. The normalized spacial score (nSPS) is 30.9. The first kappa shape index (κ1) is 14.1. The molecule has 0 saturated heterocycles. The van der Waals surface area contributed by atoms with Gasteiger partial charge in [0.15, 0.2) is 5.78 Å². The molecule has 2 rings (SSSR count). The minimum Gasteiger partial charge on any atom is -0.384 e. The molecule has 0 spiro atoms. The second-order valence-electron chi connectivity index (χ2n) is 7.02. The molecule has 0 radical (unpaired) electrons. The molecule has 2 aliphatic carbocycles. The molecular weight excluding hydrogens is 236 g/mol. The molecule has 0 aliphatic heterocycles. The zero-order chi connectivity index (χ0) is 14.0. The number of hydrogen-bond donors (Lipinski definition) is 1. The maximum absolute atomic E-state index is 12.0. The summed E-state index contributed by atoms with van der Waals surface area (Å²) in [5.41, 5.74) is 1.24. The Morgan fingerprint density at radius 3 is 2.68 bits per heavy atom. The van der Waals surface area contributed by atoms with Gasteiger partial charge < -0.3 is 5.32 Å². The highest BCUT2D eigenvalue weighted by Gasteiger charge is 2.34. The first-order valence-electron chi connectivity index (χ1n) is 7.34. The van der Waals surface area contributed by atoms with Crippen LogP contribution in [0.25, 0.3) is 0 Å². The Morgan fingerprint density at radius 1 is 1.32 bits per heavy atom. The van der Waals surface area contributed by atoms with Crippen LogP contribution in [0.4, 0.5) is 0 Å². The third-order valence-electron chi connectivity index (χ3n) is 4.30. The molecule has 2 unspecified atom stereocenters. The van der Waals surface area contributed by atoms with Crippen molar-refractivity contribution in [1.29, 1.82) is 5.26 Å². The van der Waals surface area contributed by atoms with Crippen molar-refractivity contribution in [3.8, 4) is 6.07 Å². The van der Waals surface area contributed by atoms with Gasteiger partial charge in [-0.3, -0.25) is 4.79 Å². The monoisotopic (exact) mass is 260 g/mol. The number of nitrogens with zero attached hydrogens (tertiary/aromatic N) is 1. The van der Waals surface area contributed by atoms with E-state index in [1.54, 1.807) is 0 Å². The molecule has 104 valence electrons. The average Bonchev–Trinajstić information content (AvgIpc) is 2.27. The van der Waals surface area contributed by atoms with E-state index in [9.17, 15) is 10.1 Å². The van der Waals surface area contributed by atoms with Gasteiger partial charge in [0, 0.05) is 18.2 Å². The number of carbonyl (C=O) groups excluding carboxylic acids is 1. The van der Waals surface area contributed by atoms with Crippen LogP contribution in [0.3, 0.4) is 0 Å². The van der Waals surface area contributed by atoms with Gasteiger partial charge in [-0.25, -0.2) is 0 Å². The summed E-state index contributed by atoms with van der Waals surface area (Å²) in [5, 5.41) is 12.7. The molecule has 1 N–H and O–H groups in total. The summed E-state index contributed by atoms with van der Waals surface area (Å²) in [6, 6.07) is 2.54. The molecule has 1 fully saturated rings. The summed E-state index contributed by atoms with van der Waals surface area (Å²) in [5.74, 6) is 0.745. The summed E-state index contributed by atoms with van der Waals surface area (Å²) in [7, 11) is 0. The summed E-state index contributed by atoms with van der Waals surface area (Å²) in [6.07, 6.45) is 6.14. The van der Waals surface area contributed by atoms with E-state index in [0.29, 0.717) is 18.0 Å². The smallest absolute Gasteiger partial charge is 0.175 e. The molecule has 19 heavy (non-hydrogen) atoms. The molecule has 3 heteroatoms. The Balaban J connectivity index is 2.15. The molecule has 2 aliphatic rings. The van der Waals surface area contributed by atoms with E-state index in [0.717, 1.165) is 30.9 Å². The fourth-order valence-corrected chi connectivity index (χ4v) is 3.39. The predicted octanol–water partition coefficient (Wildman–Crippen LogP) is 3.32. The third kappa shape index (κ3) is 3.37. The molecule has 2 atom stereocenters. The van der Waals surface area contributed by atoms with E-state index in [2.05, 4.69) is 32.2 Å². The topological polar surface area (TPSA) is 52.9 Å². The van der Waals surface area contributed by atoms with Crippen LogP contribution in [0.15, 0.2) is 11.3 Å². The van der Waals surface area contributed by atoms with Crippen LogP contribution in [-0.4, -0.2) is 11.8 Å². The summed E-state index contributed by atoms with van der Waals surface area (Å²) >= 11 is 0. The second-order valence-corrected chi connectivity index (χ2v) is 7.02. The molecule has 0 bridgehead atoms. The maximum Gasteiger partial charge on any atom is 0.175 e. The first-order valence-corrected chi connectivity index (χ1v) is 7.34. The molecule has 0 amide bonds. The third-order valence-corrected chi connectivity index (χ3v) is 4.30. The van der Waals surface area contributed by atoms with Gasteiger partial charge in [0.2, 0.25) is 0 Å². The Hall–Kier alpha value is -1.30. The number of nitriles is 1. The minimum atomic E-state index is -0.0277. The lowest BCUT2D eigenvalue weighted by Crippen LogP contribution is -2.38. The van der Waals surface area contributed by atoms with Gasteiger partial charge in [-0.1, -0.05) is 33.6 Å². The highest BCUT2D eigenvalue weighted by atomic mass is 16.1. The number of allylic oxidation sites excluding steroid dienone is 2. The van der Waals surface area contributed by atoms with Gasteiger partial charge in [0.1, 0.15) is 11.6 Å². The Morgan fingerprint density at radius 2 is 2.05 bits per heavy atom. The Bertz CT molecular complexity index is 442. The van der Waals surface area contributed by atoms with Crippen LogP contribution < -0.4 is 5.32 Å². The second kappa shape index (κ2) is 5.36. The first-order chi connectivity index (χ1) is 8.91. The Kier molecular flexibility index (Phi) is 3.99. The minimum absolute atomic E-state index is 0.00473. The van der Waals surface area contributed by atoms with Crippen molar-refractivity contribution in [2.45, 2.75) is 65.3 Å². The van der Waals surface area contributed by atoms with E-state index in [1.807, 2.05) is 0 Å². The lowest BCUT2D eigenvalue weighted by atomic mass is 9.75. The maximum atomic E-state index is 12.0. The van der Waals surface area contributed by atoms with Crippen LogP contribution in [0.5, 0.6) is 0 Å². The predicted molar refractivity (Wildman–Crippen MR) is 75.2 cm³/mol. The van der Waals surface area contributed by atoms with Gasteiger partial charge >= 0.3 is 0 Å². The van der Waals surface area contributed by atoms with Crippen molar-refractivity contribution in [1.82, 2.24) is 5.32 Å². The zero-order valence-corrected chi connectivity index (χ0v) is 12.3. The van der Waals surface area contributed by atoms with Crippen molar-refractivity contribution in [2.24, 2.45) is 11.3 Å². The molecule has 3 nitrogen and oxygen atoms in total. The number of rotatable bonds is 2. The van der Waals surface area contributed by atoms with E-state index in [4.69, 9.17) is 0 Å². The van der Waals surface area contributed by atoms with Crippen LogP contribution in [0.1, 0.15) is 59.3 Å². The highest BCUT2D eigenvalue weighted by Crippen LogP contribution is 2.36. The van der Waals surface area contributed by atoms with Gasteiger partial charge in [-0.2, -0.15) is 5.26 Å². The fourth-order valence-electron chi connectivity index (χ4n) is 3.39. The molecule has 0 aromatic rings. The number of hydrogen-bond acceptors (Lipinski definition) is 3. The fraction of sp³-hybridized carbons (Fsp3) is 0.750. The lowest BCUT2D eigenvalue weighted by Gasteiger charge is -2.35. The van der Waals surface area contributed by atoms with Crippen LogP contribution >= 0.6 is 0 Å². The molecule has 1 saturated carbocycles. The van der Waals surface area contributed by atoms with Gasteiger partial charge in [0.05, 0.1) is 0 Å². The van der Waals surface area contributed by atoms with Crippen molar-refractivity contribution in [3.05, 3.63) is 11.3 Å². The summed E-state index contributed by atoms with van der Waals surface area (Å²) < 4.78 is 0. The summed E-state index contributed by atoms with van der Waals surface area (Å²) in [4.78, 5) is 12.0. The number of carbonyl (C=O) groups is 1. The van der Waals surface area contributed by atoms with Crippen LogP contribution in [0, 0.1) is 22.7 Å². The van der Waals surface area contributed by atoms with E-state index in [1.165, 1.54) is 12.8 Å². The van der Waals surface area contributed by atoms with Crippen molar-refractivity contribution in [2.75, 3.05) is 0 Å². The molecular formula is C16H24N2O. The number of nitrogens with one attached hydrogen (secondary N) is 1. The van der Waals surface area contributed by atoms with Crippen LogP contribution in [0.2, 0.25) is 0 Å². The summed E-state index contributed by atoms with van der Waals surface area (Å²) in [6.45, 7) is 6.48. The largest absolute Gasteiger partial charge is 0.384 e. The van der Waals surface area contributed by atoms with E-state index in [-0.39, 0.29) is 11.2 Å². The van der Waals surface area contributed by atoms with E-state index >= 15 is 0 Å². The molecule has 0 heterocycles. The average molecular weight is 260 g/mol. The van der Waals surface area contributed by atoms with Crippen molar-refractivity contribution >= 4 is 5.78 Å². The van der Waals surface area contributed by atoms with Gasteiger partial charge in [-0.05, 0) is 30.6 Å². The molecule has 0 aromatic heterocycles. The van der Waals surface area contributed by atoms with E-state index < -0.39 is 0 Å². The van der Waals surface area contributed by atoms with Crippen molar-refractivity contribution in [3.63, 3.8) is 0 Å². The highest BCUT2D eigenvalue weighted by molar-refractivity contribution is 6.01. The van der Waals surface area contributed by atoms with Crippen LogP contribution in [-0.2, 0) is 4.79 Å². The van der Waals surface area contributed by atoms with Gasteiger partial charge in [0.25, 0.3) is 0 Å². The quantitative estimate of drug-likeness (QED) is 0.828.